The van der Waals surface area contributed by atoms with Crippen molar-refractivity contribution < 1.29 is 41.2 Å². The first-order valence-electron chi connectivity index (χ1n) is 21.9. The van der Waals surface area contributed by atoms with Crippen molar-refractivity contribution in [1.82, 2.24) is 25.5 Å². The van der Waals surface area contributed by atoms with Gasteiger partial charge >= 0.3 is 0 Å². The SMILES string of the molecule is C/C=C1/c2cc(CS(C)(=O)=O)c(C(=O)NCCCCCCCCCCC(=O)NC(C(=O)N3CCCC3C(C)=O)C(C)(C)C)cc2N(c2ncc(F)cc2F)Cc2c[nH]c(C(C)=O)c21. The lowest BCUT2D eigenvalue weighted by Crippen LogP contribution is -2.56. The molecule has 2 unspecified atom stereocenters. The average Bonchev–Trinajstić information content (AvgIpc) is 3.84. The molecule has 342 valence electrons. The number of pyridine rings is 1. The summed E-state index contributed by atoms with van der Waals surface area (Å²) < 4.78 is 54.9. The van der Waals surface area contributed by atoms with Gasteiger partial charge in [0.25, 0.3) is 5.91 Å². The fourth-order valence-electron chi connectivity index (χ4n) is 8.61. The summed E-state index contributed by atoms with van der Waals surface area (Å²) in [5, 5.41) is 5.89. The molecule has 1 aromatic carbocycles. The maximum atomic E-state index is 15.5. The number of Topliss-reactive ketones (excluding diaryl/α,β-unsaturated/α-hetero) is 2. The van der Waals surface area contributed by atoms with Gasteiger partial charge in [-0.2, -0.15) is 0 Å². The van der Waals surface area contributed by atoms with Crippen LogP contribution < -0.4 is 15.5 Å². The topological polar surface area (TPSA) is 179 Å². The Bertz CT molecular complexity index is 2350. The number of aromatic nitrogens is 2. The molecule has 2 aliphatic heterocycles. The minimum Gasteiger partial charge on any atom is -0.358 e. The lowest BCUT2D eigenvalue weighted by atomic mass is 9.85. The zero-order valence-corrected chi connectivity index (χ0v) is 38.4. The van der Waals surface area contributed by atoms with Gasteiger partial charge in [-0.15, -0.1) is 0 Å². The molecule has 2 aromatic heterocycles. The second kappa shape index (κ2) is 21.0. The molecule has 0 saturated carbocycles. The standard InChI is InChI=1S/C47H62F2N6O7S/c1-8-34-36-22-31(28-63(7,61)62)35(24-39(36)55(44-37(49)23-33(48)26-52-44)27-32-25-51-42(30(3)57)41(32)34)45(59)50-20-16-14-12-10-9-11-13-15-19-40(58)53-43(47(4,5)6)46(60)54-21-17-18-38(54)29(2)56/h8,22-26,38,43,51H,9-21,27-28H2,1-7H3,(H,50,59)(H,53,58)/b34-8-. The van der Waals surface area contributed by atoms with E-state index in [9.17, 15) is 36.8 Å². The van der Waals surface area contributed by atoms with E-state index in [2.05, 4.69) is 20.6 Å². The van der Waals surface area contributed by atoms with Gasteiger partial charge in [-0.25, -0.2) is 22.2 Å². The number of fused-ring (bicyclic) bond motifs is 2. The number of amides is 3. The van der Waals surface area contributed by atoms with Gasteiger partial charge in [0.2, 0.25) is 11.8 Å². The highest BCUT2D eigenvalue weighted by molar-refractivity contribution is 7.89. The Hall–Kier alpha value is -5.25. The summed E-state index contributed by atoms with van der Waals surface area (Å²) in [4.78, 5) is 75.2. The van der Waals surface area contributed by atoms with Gasteiger partial charge < -0.3 is 25.4 Å². The van der Waals surface area contributed by atoms with Crippen molar-refractivity contribution in [3.8, 4) is 0 Å². The van der Waals surface area contributed by atoms with E-state index in [1.54, 1.807) is 30.2 Å². The van der Waals surface area contributed by atoms with E-state index >= 15 is 4.39 Å². The molecule has 16 heteroatoms. The zero-order valence-electron chi connectivity index (χ0n) is 37.6. The lowest BCUT2D eigenvalue weighted by molar-refractivity contribution is -0.143. The summed E-state index contributed by atoms with van der Waals surface area (Å²) in [6, 6.07) is 2.70. The number of nitrogens with zero attached hydrogens (tertiary/aromatic N) is 3. The van der Waals surface area contributed by atoms with Crippen LogP contribution in [-0.2, 0) is 36.5 Å². The Morgan fingerprint density at radius 3 is 2.25 bits per heavy atom. The van der Waals surface area contributed by atoms with E-state index < -0.39 is 50.6 Å². The van der Waals surface area contributed by atoms with Gasteiger partial charge in [0.15, 0.2) is 33.0 Å². The highest BCUT2D eigenvalue weighted by atomic mass is 32.2. The van der Waals surface area contributed by atoms with Gasteiger partial charge in [0.05, 0.1) is 35.9 Å². The Morgan fingerprint density at radius 2 is 1.65 bits per heavy atom. The summed E-state index contributed by atoms with van der Waals surface area (Å²) >= 11 is 0. The molecule has 3 N–H and O–H groups in total. The quantitative estimate of drug-likeness (QED) is 0.0798. The van der Waals surface area contributed by atoms with Crippen molar-refractivity contribution in [2.45, 2.75) is 137 Å². The minimum atomic E-state index is -3.64. The molecule has 1 saturated heterocycles. The average molecular weight is 893 g/mol. The first kappa shape index (κ1) is 48.8. The van der Waals surface area contributed by atoms with Crippen LogP contribution >= 0.6 is 0 Å². The molecule has 4 heterocycles. The minimum absolute atomic E-state index is 0.00413. The molecule has 1 fully saturated rings. The molecule has 63 heavy (non-hydrogen) atoms. The molecule has 13 nitrogen and oxygen atoms in total. The predicted molar refractivity (Wildman–Crippen MR) is 239 cm³/mol. The number of carbonyl (C=O) groups is 5. The number of sulfone groups is 1. The van der Waals surface area contributed by atoms with E-state index in [0.717, 1.165) is 57.4 Å². The second-order valence-corrected chi connectivity index (χ2v) is 20.1. The third-order valence-electron chi connectivity index (χ3n) is 11.7. The van der Waals surface area contributed by atoms with E-state index in [0.29, 0.717) is 78.5 Å². The molecule has 0 aliphatic carbocycles. The van der Waals surface area contributed by atoms with E-state index in [1.807, 2.05) is 20.8 Å². The molecule has 5 rings (SSSR count). The van der Waals surface area contributed by atoms with E-state index in [-0.39, 0.29) is 46.9 Å². The predicted octanol–water partition coefficient (Wildman–Crippen LogP) is 7.89. The van der Waals surface area contributed by atoms with Crippen molar-refractivity contribution in [3.05, 3.63) is 81.8 Å². The molecule has 2 aliphatic rings. The number of carbonyl (C=O) groups excluding carboxylic acids is 5. The fourth-order valence-corrected chi connectivity index (χ4v) is 9.42. The summed E-state index contributed by atoms with van der Waals surface area (Å²) in [6.07, 6.45) is 14.0. The number of rotatable bonds is 19. The van der Waals surface area contributed by atoms with Gasteiger partial charge in [0, 0.05) is 61.6 Å². The number of unbranched alkanes of at least 4 members (excludes halogenated alkanes) is 7. The van der Waals surface area contributed by atoms with Gasteiger partial charge in [0.1, 0.15) is 11.9 Å². The van der Waals surface area contributed by atoms with Crippen LogP contribution in [0.3, 0.4) is 0 Å². The molecular formula is C47H62F2N6O7S. The summed E-state index contributed by atoms with van der Waals surface area (Å²) in [6.45, 7) is 11.3. The van der Waals surface area contributed by atoms with E-state index in [1.165, 1.54) is 24.8 Å². The number of allylic oxidation sites excluding steroid dienone is 1. The summed E-state index contributed by atoms with van der Waals surface area (Å²) in [5.74, 6) is -3.62. The van der Waals surface area contributed by atoms with Crippen LogP contribution in [0.4, 0.5) is 20.3 Å². The van der Waals surface area contributed by atoms with Crippen LogP contribution in [0.1, 0.15) is 155 Å². The smallest absolute Gasteiger partial charge is 0.251 e. The Labute approximate surface area is 369 Å². The highest BCUT2D eigenvalue weighted by Crippen LogP contribution is 2.44. The number of hydrogen-bond donors (Lipinski definition) is 3. The van der Waals surface area contributed by atoms with Crippen LogP contribution in [0.5, 0.6) is 0 Å². The van der Waals surface area contributed by atoms with Crippen molar-refractivity contribution >= 4 is 56.2 Å². The Kier molecular flexibility index (Phi) is 16.2. The number of likely N-dealkylation sites (tertiary alicyclic amines) is 1. The number of ketones is 2. The molecule has 0 radical (unpaired) electrons. The van der Waals surface area contributed by atoms with Gasteiger partial charge in [-0.05, 0) is 73.8 Å². The number of anilines is 2. The van der Waals surface area contributed by atoms with Crippen LogP contribution in [0.2, 0.25) is 0 Å². The molecule has 3 aromatic rings. The number of aromatic amines is 1. The van der Waals surface area contributed by atoms with Crippen LogP contribution in [0, 0.1) is 17.0 Å². The number of halogens is 2. The largest absolute Gasteiger partial charge is 0.358 e. The third-order valence-corrected chi connectivity index (χ3v) is 12.6. The molecule has 0 bridgehead atoms. The Morgan fingerprint density at radius 1 is 0.984 bits per heavy atom. The third kappa shape index (κ3) is 12.3. The van der Waals surface area contributed by atoms with E-state index in [4.69, 9.17) is 0 Å². The maximum Gasteiger partial charge on any atom is 0.251 e. The number of benzene rings is 1. The zero-order chi connectivity index (χ0) is 46.2. The van der Waals surface area contributed by atoms with Crippen LogP contribution in [0.15, 0.2) is 36.7 Å². The lowest BCUT2D eigenvalue weighted by Gasteiger charge is -2.35. The molecule has 0 spiro atoms. The van der Waals surface area contributed by atoms with Crippen LogP contribution in [0.25, 0.3) is 5.57 Å². The van der Waals surface area contributed by atoms with Crippen LogP contribution in [-0.4, -0.2) is 84.0 Å². The molecular weight excluding hydrogens is 831 g/mol. The normalized spacial score (nSPS) is 16.3. The van der Waals surface area contributed by atoms with Gasteiger partial charge in [-0.3, -0.25) is 24.0 Å². The van der Waals surface area contributed by atoms with Crippen molar-refractivity contribution in [3.63, 3.8) is 0 Å². The Balaban J connectivity index is 1.16. The molecule has 2 atom stereocenters. The number of H-pyrrole nitrogens is 1. The van der Waals surface area contributed by atoms with Crippen molar-refractivity contribution in [1.29, 1.82) is 0 Å². The number of nitrogens with one attached hydrogen (secondary N) is 3. The van der Waals surface area contributed by atoms with Crippen molar-refractivity contribution in [2.24, 2.45) is 5.41 Å². The second-order valence-electron chi connectivity index (χ2n) is 18.0. The summed E-state index contributed by atoms with van der Waals surface area (Å²) in [7, 11) is -3.64. The maximum absolute atomic E-state index is 15.5. The molecule has 3 amide bonds. The highest BCUT2D eigenvalue weighted by Gasteiger charge is 2.41. The summed E-state index contributed by atoms with van der Waals surface area (Å²) in [5.41, 5.74) is 2.66. The fraction of sp³-hybridized carbons (Fsp3) is 0.532. The monoisotopic (exact) mass is 892 g/mol. The first-order chi connectivity index (χ1) is 29.7. The first-order valence-corrected chi connectivity index (χ1v) is 24.0. The van der Waals surface area contributed by atoms with Crippen molar-refractivity contribution in [2.75, 3.05) is 24.2 Å². The number of hydrogen-bond acceptors (Lipinski definition) is 9. The van der Waals surface area contributed by atoms with Gasteiger partial charge in [-0.1, -0.05) is 65.4 Å².